The number of carbonyl (C=O) groups is 1. The predicted molar refractivity (Wildman–Crippen MR) is 93.4 cm³/mol. The number of azo groups is 1. The lowest BCUT2D eigenvalue weighted by Gasteiger charge is -2.05. The molecule has 3 aromatic rings. The van der Waals surface area contributed by atoms with E-state index in [1.54, 1.807) is 11.6 Å². The number of aromatic nitrogens is 2. The molecule has 2 N–H and O–H groups in total. The van der Waals surface area contributed by atoms with Crippen molar-refractivity contribution in [2.75, 3.05) is 0 Å². The lowest BCUT2D eigenvalue weighted by atomic mass is 10.2. The molecule has 25 heavy (non-hydrogen) atoms. The van der Waals surface area contributed by atoms with Crippen LogP contribution >= 0.6 is 0 Å². The van der Waals surface area contributed by atoms with E-state index in [0.29, 0.717) is 11.4 Å². The van der Waals surface area contributed by atoms with Crippen LogP contribution in [0.2, 0.25) is 0 Å². The van der Waals surface area contributed by atoms with E-state index in [0.717, 1.165) is 11.3 Å². The first-order chi connectivity index (χ1) is 12.0. The van der Waals surface area contributed by atoms with Gasteiger partial charge in [0.25, 0.3) is 5.56 Å². The fourth-order valence-corrected chi connectivity index (χ4v) is 2.36. The molecule has 0 spiro atoms. The van der Waals surface area contributed by atoms with Gasteiger partial charge in [0.05, 0.1) is 22.6 Å². The number of nitrogens with zero attached hydrogens (tertiary/aromatic N) is 3. The van der Waals surface area contributed by atoms with Crippen molar-refractivity contribution in [2.24, 2.45) is 10.2 Å². The Balaban J connectivity index is 1.91. The van der Waals surface area contributed by atoms with E-state index in [9.17, 15) is 9.59 Å². The van der Waals surface area contributed by atoms with E-state index >= 15 is 0 Å². The maximum absolute atomic E-state index is 12.2. The second-order valence-electron chi connectivity index (χ2n) is 5.60. The predicted octanol–water partition coefficient (Wildman–Crippen LogP) is 3.90. The summed E-state index contributed by atoms with van der Waals surface area (Å²) >= 11 is 0. The highest BCUT2D eigenvalue weighted by atomic mass is 16.4. The van der Waals surface area contributed by atoms with Gasteiger partial charge in [-0.1, -0.05) is 17.7 Å². The number of nitrogens with one attached hydrogen (secondary N) is 1. The molecule has 0 saturated heterocycles. The van der Waals surface area contributed by atoms with Crippen LogP contribution in [0, 0.1) is 13.8 Å². The largest absolute Gasteiger partial charge is 0.478 e. The maximum atomic E-state index is 12.2. The van der Waals surface area contributed by atoms with Crippen molar-refractivity contribution in [1.82, 2.24) is 9.78 Å². The maximum Gasteiger partial charge on any atom is 0.335 e. The molecule has 2 aromatic carbocycles. The molecule has 0 aliphatic carbocycles. The van der Waals surface area contributed by atoms with Crippen LogP contribution in [0.25, 0.3) is 5.69 Å². The van der Waals surface area contributed by atoms with Gasteiger partial charge in [0.15, 0.2) is 5.69 Å². The average Bonchev–Trinajstić information content (AvgIpc) is 2.88. The van der Waals surface area contributed by atoms with E-state index in [1.165, 1.54) is 24.3 Å². The van der Waals surface area contributed by atoms with Crippen LogP contribution in [-0.2, 0) is 0 Å². The minimum Gasteiger partial charge on any atom is -0.478 e. The second-order valence-corrected chi connectivity index (χ2v) is 5.60. The normalized spacial score (nSPS) is 11.1. The molecule has 126 valence electrons. The molecule has 0 radical (unpaired) electrons. The third-order valence-corrected chi connectivity index (χ3v) is 3.78. The van der Waals surface area contributed by atoms with Crippen molar-refractivity contribution in [3.63, 3.8) is 0 Å². The summed E-state index contributed by atoms with van der Waals surface area (Å²) in [7, 11) is 0. The zero-order valence-corrected chi connectivity index (χ0v) is 13.7. The van der Waals surface area contributed by atoms with Crippen LogP contribution in [0.1, 0.15) is 21.6 Å². The van der Waals surface area contributed by atoms with E-state index in [2.05, 4.69) is 15.3 Å². The zero-order chi connectivity index (χ0) is 18.0. The molecule has 3 rings (SSSR count). The molecule has 7 heteroatoms. The number of rotatable bonds is 4. The Morgan fingerprint density at radius 1 is 1.00 bits per heavy atom. The monoisotopic (exact) mass is 336 g/mol. The van der Waals surface area contributed by atoms with Gasteiger partial charge in [-0.3, -0.25) is 14.6 Å². The number of aryl methyl sites for hydroxylation is 1. The molecule has 0 unspecified atom stereocenters. The topological polar surface area (TPSA) is 99.8 Å². The van der Waals surface area contributed by atoms with Gasteiger partial charge in [0, 0.05) is 0 Å². The molecule has 0 aliphatic rings. The van der Waals surface area contributed by atoms with Crippen LogP contribution in [0.15, 0.2) is 63.6 Å². The van der Waals surface area contributed by atoms with Crippen molar-refractivity contribution >= 4 is 17.3 Å². The third-order valence-electron chi connectivity index (χ3n) is 3.78. The summed E-state index contributed by atoms with van der Waals surface area (Å²) in [4.78, 5) is 23.0. The van der Waals surface area contributed by atoms with Gasteiger partial charge in [-0.05, 0) is 50.2 Å². The van der Waals surface area contributed by atoms with Crippen molar-refractivity contribution in [3.8, 4) is 5.69 Å². The highest BCUT2D eigenvalue weighted by Gasteiger charge is 2.12. The van der Waals surface area contributed by atoms with Gasteiger partial charge in [0.1, 0.15) is 0 Å². The van der Waals surface area contributed by atoms with Crippen LogP contribution in [-0.4, -0.2) is 20.9 Å². The van der Waals surface area contributed by atoms with Crippen molar-refractivity contribution in [3.05, 3.63) is 75.7 Å². The van der Waals surface area contributed by atoms with Crippen LogP contribution in [0.5, 0.6) is 0 Å². The lowest BCUT2D eigenvalue weighted by Crippen LogP contribution is -2.04. The number of aromatic amines is 1. The van der Waals surface area contributed by atoms with E-state index < -0.39 is 5.97 Å². The zero-order valence-electron chi connectivity index (χ0n) is 13.7. The van der Waals surface area contributed by atoms with Crippen LogP contribution < -0.4 is 5.56 Å². The Kier molecular flexibility index (Phi) is 4.30. The van der Waals surface area contributed by atoms with Gasteiger partial charge in [0.2, 0.25) is 0 Å². The Labute approximate surface area is 143 Å². The van der Waals surface area contributed by atoms with Gasteiger partial charge < -0.3 is 5.11 Å². The quantitative estimate of drug-likeness (QED) is 0.707. The molecule has 1 heterocycles. The first-order valence-electron chi connectivity index (χ1n) is 7.59. The van der Waals surface area contributed by atoms with Gasteiger partial charge in [-0.15, -0.1) is 5.11 Å². The van der Waals surface area contributed by atoms with Gasteiger partial charge in [-0.25, -0.2) is 4.79 Å². The fourth-order valence-electron chi connectivity index (χ4n) is 2.36. The van der Waals surface area contributed by atoms with Crippen LogP contribution in [0.4, 0.5) is 11.4 Å². The summed E-state index contributed by atoms with van der Waals surface area (Å²) < 4.78 is 1.66. The minimum absolute atomic E-state index is 0.165. The average molecular weight is 336 g/mol. The van der Waals surface area contributed by atoms with Crippen LogP contribution in [0.3, 0.4) is 0 Å². The molecular weight excluding hydrogens is 320 g/mol. The summed E-state index contributed by atoms with van der Waals surface area (Å²) in [6, 6.07) is 13.7. The molecule has 0 aliphatic heterocycles. The SMILES string of the molecule is Cc1ccc(-n2[nH]c(=O)c(N=Nc3ccc(C(=O)O)cc3)c2C)cc1. The number of aromatic carboxylic acids is 1. The number of H-pyrrole nitrogens is 1. The summed E-state index contributed by atoms with van der Waals surface area (Å²) in [5, 5.41) is 19.7. The molecule has 1 aromatic heterocycles. The minimum atomic E-state index is -1.01. The number of carboxylic acid groups (broad SMARTS) is 1. The summed E-state index contributed by atoms with van der Waals surface area (Å²) in [6.45, 7) is 3.77. The molecule has 0 saturated carbocycles. The summed E-state index contributed by atoms with van der Waals surface area (Å²) in [5.41, 5.74) is 3.09. The molecular formula is C18H16N4O3. The van der Waals surface area contributed by atoms with Crippen molar-refractivity contribution < 1.29 is 9.90 Å². The standard InChI is InChI=1S/C18H16N4O3/c1-11-3-9-15(10-4-11)22-12(2)16(17(23)21-22)20-19-14-7-5-13(6-8-14)18(24)25/h3-10H,1-2H3,(H,21,23)(H,24,25). The molecule has 0 atom stereocenters. The highest BCUT2D eigenvalue weighted by Crippen LogP contribution is 2.21. The van der Waals surface area contributed by atoms with Gasteiger partial charge >= 0.3 is 5.97 Å². The second kappa shape index (κ2) is 6.56. The Morgan fingerprint density at radius 2 is 1.64 bits per heavy atom. The number of benzene rings is 2. The Bertz CT molecular complexity index is 996. The Morgan fingerprint density at radius 3 is 2.24 bits per heavy atom. The first-order valence-corrected chi connectivity index (χ1v) is 7.59. The Hall–Kier alpha value is -3.48. The van der Waals surface area contributed by atoms with Gasteiger partial charge in [-0.2, -0.15) is 5.11 Å². The summed E-state index contributed by atoms with van der Waals surface area (Å²) in [6.07, 6.45) is 0. The number of carboxylic acids is 1. The first kappa shape index (κ1) is 16.4. The molecule has 7 nitrogen and oxygen atoms in total. The third kappa shape index (κ3) is 3.40. The number of hydrogen-bond donors (Lipinski definition) is 2. The number of hydrogen-bond acceptors (Lipinski definition) is 4. The van der Waals surface area contributed by atoms with Crippen molar-refractivity contribution in [2.45, 2.75) is 13.8 Å². The fraction of sp³-hybridized carbons (Fsp3) is 0.111. The van der Waals surface area contributed by atoms with E-state index in [4.69, 9.17) is 5.11 Å². The van der Waals surface area contributed by atoms with Crippen molar-refractivity contribution in [1.29, 1.82) is 0 Å². The van der Waals surface area contributed by atoms with E-state index in [1.807, 2.05) is 31.2 Å². The molecule has 0 amide bonds. The molecule has 0 fully saturated rings. The molecule has 0 bridgehead atoms. The smallest absolute Gasteiger partial charge is 0.335 e. The summed E-state index contributed by atoms with van der Waals surface area (Å²) in [5.74, 6) is -1.01. The highest BCUT2D eigenvalue weighted by molar-refractivity contribution is 5.87. The van der Waals surface area contributed by atoms with E-state index in [-0.39, 0.29) is 16.8 Å². The lowest BCUT2D eigenvalue weighted by molar-refractivity contribution is 0.0697.